The molecule has 15 heavy (non-hydrogen) atoms. The molecule has 1 amide bonds. The molecular weight excluding hydrogens is 214 g/mol. The van der Waals surface area contributed by atoms with Gasteiger partial charge in [0, 0.05) is 5.69 Å². The van der Waals surface area contributed by atoms with Gasteiger partial charge in [0.2, 0.25) is 0 Å². The van der Waals surface area contributed by atoms with Crippen molar-refractivity contribution in [3.63, 3.8) is 0 Å². The van der Waals surface area contributed by atoms with Crippen molar-refractivity contribution < 1.29 is 9.53 Å². The normalized spacial score (nSPS) is 9.73. The van der Waals surface area contributed by atoms with Gasteiger partial charge < -0.3 is 4.74 Å². The average Bonchev–Trinajstić information content (AvgIpc) is 2.27. The summed E-state index contributed by atoms with van der Waals surface area (Å²) in [5, 5.41) is 2.68. The van der Waals surface area contributed by atoms with Gasteiger partial charge in [0.15, 0.2) is 0 Å². The molecule has 82 valence electrons. The fourth-order valence-electron chi connectivity index (χ4n) is 1.23. The summed E-state index contributed by atoms with van der Waals surface area (Å²) in [6, 6.07) is 7.63. The fraction of sp³-hybridized carbons (Fsp3) is 0.364. The third kappa shape index (κ3) is 3.80. The molecule has 0 saturated carbocycles. The molecule has 0 heterocycles. The summed E-state index contributed by atoms with van der Waals surface area (Å²) >= 11 is 5.40. The van der Waals surface area contributed by atoms with Crippen LogP contribution in [0.3, 0.4) is 0 Å². The Hall–Kier alpha value is -1.22. The molecule has 0 fully saturated rings. The van der Waals surface area contributed by atoms with Gasteiger partial charge >= 0.3 is 6.09 Å². The second-order valence-electron chi connectivity index (χ2n) is 2.96. The van der Waals surface area contributed by atoms with Crippen LogP contribution in [0.15, 0.2) is 24.3 Å². The molecule has 0 aliphatic carbocycles. The number of alkyl halides is 1. The highest BCUT2D eigenvalue weighted by Crippen LogP contribution is 2.15. The minimum absolute atomic E-state index is 0.224. The lowest BCUT2D eigenvalue weighted by Gasteiger charge is -2.09. The van der Waals surface area contributed by atoms with Crippen LogP contribution in [0.2, 0.25) is 0 Å². The predicted octanol–water partition coefficient (Wildman–Crippen LogP) is 3.04. The van der Waals surface area contributed by atoms with Crippen LogP contribution in [0.1, 0.15) is 12.5 Å². The summed E-state index contributed by atoms with van der Waals surface area (Å²) in [5.41, 5.74) is 1.87. The number of halogens is 1. The second-order valence-corrected chi connectivity index (χ2v) is 3.34. The third-order valence-corrected chi connectivity index (χ3v) is 2.10. The van der Waals surface area contributed by atoms with Crippen LogP contribution in [0, 0.1) is 0 Å². The zero-order valence-corrected chi connectivity index (χ0v) is 9.38. The Labute approximate surface area is 94.4 Å². The molecule has 0 spiro atoms. The van der Waals surface area contributed by atoms with Gasteiger partial charge in [-0.05, 0) is 18.1 Å². The number of ether oxygens (including phenoxy) is 1. The van der Waals surface area contributed by atoms with Crippen LogP contribution in [0.25, 0.3) is 0 Å². The van der Waals surface area contributed by atoms with Crippen LogP contribution >= 0.6 is 11.6 Å². The van der Waals surface area contributed by atoms with Crippen molar-refractivity contribution >= 4 is 23.4 Å². The molecule has 1 N–H and O–H groups in total. The van der Waals surface area contributed by atoms with E-state index in [1.807, 2.05) is 31.2 Å². The van der Waals surface area contributed by atoms with Crippen LogP contribution in [-0.2, 0) is 11.2 Å². The number of hydrogen-bond donors (Lipinski definition) is 1. The highest BCUT2D eigenvalue weighted by molar-refractivity contribution is 6.18. The molecule has 0 aliphatic heterocycles. The summed E-state index contributed by atoms with van der Waals surface area (Å²) in [6.07, 6.45) is 0.405. The van der Waals surface area contributed by atoms with Crippen molar-refractivity contribution in [2.24, 2.45) is 0 Å². The van der Waals surface area contributed by atoms with Gasteiger partial charge in [-0.2, -0.15) is 0 Å². The standard InChI is InChI=1S/C11H14ClNO2/c1-2-9-5-3-4-6-10(9)13-11(14)15-8-7-12/h3-6H,2,7-8H2,1H3,(H,13,14). The number of nitrogens with one attached hydrogen (secondary N) is 1. The molecule has 0 aliphatic rings. The van der Waals surface area contributed by atoms with E-state index in [0.717, 1.165) is 17.7 Å². The van der Waals surface area contributed by atoms with Crippen molar-refractivity contribution in [2.75, 3.05) is 17.8 Å². The van der Waals surface area contributed by atoms with Crippen LogP contribution < -0.4 is 5.32 Å². The molecule has 0 saturated heterocycles. The molecule has 0 bridgehead atoms. The monoisotopic (exact) mass is 227 g/mol. The Balaban J connectivity index is 2.59. The van der Waals surface area contributed by atoms with Gasteiger partial charge in [-0.3, -0.25) is 5.32 Å². The average molecular weight is 228 g/mol. The third-order valence-electron chi connectivity index (χ3n) is 1.95. The number of aryl methyl sites for hydroxylation is 1. The lowest BCUT2D eigenvalue weighted by molar-refractivity contribution is 0.168. The molecule has 4 heteroatoms. The van der Waals surface area contributed by atoms with Gasteiger partial charge in [0.25, 0.3) is 0 Å². The van der Waals surface area contributed by atoms with E-state index in [1.54, 1.807) is 0 Å². The number of para-hydroxylation sites is 1. The van der Waals surface area contributed by atoms with E-state index in [-0.39, 0.29) is 6.61 Å². The number of rotatable bonds is 4. The van der Waals surface area contributed by atoms with Crippen molar-refractivity contribution in [2.45, 2.75) is 13.3 Å². The Kier molecular flexibility index (Phi) is 4.98. The Morgan fingerprint density at radius 2 is 2.20 bits per heavy atom. The molecule has 1 aromatic rings. The predicted molar refractivity (Wildman–Crippen MR) is 61.5 cm³/mol. The first-order chi connectivity index (χ1) is 7.27. The highest BCUT2D eigenvalue weighted by atomic mass is 35.5. The Morgan fingerprint density at radius 1 is 1.47 bits per heavy atom. The van der Waals surface area contributed by atoms with Crippen molar-refractivity contribution in [1.82, 2.24) is 0 Å². The first kappa shape index (κ1) is 11.9. The minimum Gasteiger partial charge on any atom is -0.448 e. The van der Waals surface area contributed by atoms with E-state index in [9.17, 15) is 4.79 Å². The number of hydrogen-bond acceptors (Lipinski definition) is 2. The summed E-state index contributed by atoms with van der Waals surface area (Å²) in [6.45, 7) is 2.26. The summed E-state index contributed by atoms with van der Waals surface area (Å²) in [4.78, 5) is 11.2. The van der Waals surface area contributed by atoms with Crippen LogP contribution in [0.5, 0.6) is 0 Å². The maximum atomic E-state index is 11.2. The van der Waals surface area contributed by atoms with Crippen molar-refractivity contribution in [3.8, 4) is 0 Å². The maximum absolute atomic E-state index is 11.2. The summed E-state index contributed by atoms with van der Waals surface area (Å²) in [5.74, 6) is 0.308. The SMILES string of the molecule is CCc1ccccc1NC(=O)OCCCl. The number of benzene rings is 1. The van der Waals surface area contributed by atoms with Gasteiger partial charge in [0.05, 0.1) is 5.88 Å². The lowest BCUT2D eigenvalue weighted by Crippen LogP contribution is -2.15. The quantitative estimate of drug-likeness (QED) is 0.803. The smallest absolute Gasteiger partial charge is 0.411 e. The van der Waals surface area contributed by atoms with Crippen molar-refractivity contribution in [3.05, 3.63) is 29.8 Å². The Morgan fingerprint density at radius 3 is 2.87 bits per heavy atom. The van der Waals surface area contributed by atoms with Crippen LogP contribution in [0.4, 0.5) is 10.5 Å². The van der Waals surface area contributed by atoms with E-state index in [1.165, 1.54) is 0 Å². The van der Waals surface area contributed by atoms with Gasteiger partial charge in [-0.1, -0.05) is 25.1 Å². The molecule has 1 rings (SSSR count). The zero-order chi connectivity index (χ0) is 11.1. The van der Waals surface area contributed by atoms with E-state index < -0.39 is 6.09 Å². The van der Waals surface area contributed by atoms with E-state index in [2.05, 4.69) is 5.32 Å². The fourth-order valence-corrected chi connectivity index (χ4v) is 1.31. The van der Waals surface area contributed by atoms with E-state index >= 15 is 0 Å². The minimum atomic E-state index is -0.462. The van der Waals surface area contributed by atoms with Crippen molar-refractivity contribution in [1.29, 1.82) is 0 Å². The highest BCUT2D eigenvalue weighted by Gasteiger charge is 2.05. The number of anilines is 1. The molecule has 3 nitrogen and oxygen atoms in total. The lowest BCUT2D eigenvalue weighted by atomic mass is 10.1. The second kappa shape index (κ2) is 6.30. The van der Waals surface area contributed by atoms with E-state index in [0.29, 0.717) is 5.88 Å². The number of carbonyl (C=O) groups excluding carboxylic acids is 1. The summed E-state index contributed by atoms with van der Waals surface area (Å²) < 4.78 is 4.81. The van der Waals surface area contributed by atoms with Crippen LogP contribution in [-0.4, -0.2) is 18.6 Å². The maximum Gasteiger partial charge on any atom is 0.411 e. The van der Waals surface area contributed by atoms with Gasteiger partial charge in [0.1, 0.15) is 6.61 Å². The first-order valence-electron chi connectivity index (χ1n) is 4.85. The first-order valence-corrected chi connectivity index (χ1v) is 5.39. The molecular formula is C11H14ClNO2. The van der Waals surface area contributed by atoms with Gasteiger partial charge in [-0.15, -0.1) is 11.6 Å². The molecule has 0 radical (unpaired) electrons. The number of carbonyl (C=O) groups is 1. The molecule has 0 atom stereocenters. The topological polar surface area (TPSA) is 38.3 Å². The molecule has 1 aromatic carbocycles. The number of amides is 1. The Bertz CT molecular complexity index is 328. The zero-order valence-electron chi connectivity index (χ0n) is 8.63. The van der Waals surface area contributed by atoms with Gasteiger partial charge in [-0.25, -0.2) is 4.79 Å². The molecule has 0 aromatic heterocycles. The van der Waals surface area contributed by atoms with E-state index in [4.69, 9.17) is 16.3 Å². The largest absolute Gasteiger partial charge is 0.448 e. The summed E-state index contributed by atoms with van der Waals surface area (Å²) in [7, 11) is 0. The molecule has 0 unspecified atom stereocenters.